The lowest BCUT2D eigenvalue weighted by molar-refractivity contribution is -0.202. The molecule has 3 atom stereocenters. The van der Waals surface area contributed by atoms with Crippen molar-refractivity contribution in [3.05, 3.63) is 0 Å². The Bertz CT molecular complexity index is 119. The standard InChI is InChI=1S/C8H17NO2/c1-6-3-4-7(5-9)11-8(6)10-2/h6-8H,3-5,9H2,1-2H3/t6?,7?,8-/m0/s1. The maximum atomic E-state index is 5.55. The summed E-state index contributed by atoms with van der Waals surface area (Å²) in [6.07, 6.45) is 2.38. The number of methoxy groups -OCH3 is 1. The molecule has 0 aromatic heterocycles. The first-order valence-electron chi connectivity index (χ1n) is 4.16. The largest absolute Gasteiger partial charge is 0.356 e. The van der Waals surface area contributed by atoms with Crippen molar-refractivity contribution in [1.29, 1.82) is 0 Å². The molecule has 0 aromatic carbocycles. The fraction of sp³-hybridized carbons (Fsp3) is 1.00. The van der Waals surface area contributed by atoms with Gasteiger partial charge in [-0.2, -0.15) is 0 Å². The molecule has 0 spiro atoms. The van der Waals surface area contributed by atoms with Crippen LogP contribution in [0.4, 0.5) is 0 Å². The van der Waals surface area contributed by atoms with Gasteiger partial charge in [-0.3, -0.25) is 0 Å². The number of nitrogens with two attached hydrogens (primary N) is 1. The van der Waals surface area contributed by atoms with Crippen LogP contribution in [-0.4, -0.2) is 26.0 Å². The molecule has 0 amide bonds. The molecule has 0 radical (unpaired) electrons. The van der Waals surface area contributed by atoms with Gasteiger partial charge >= 0.3 is 0 Å². The van der Waals surface area contributed by atoms with Crippen LogP contribution in [0, 0.1) is 5.92 Å². The molecule has 1 aliphatic rings. The average Bonchev–Trinajstić information content (AvgIpc) is 2.05. The van der Waals surface area contributed by atoms with E-state index in [2.05, 4.69) is 6.92 Å². The highest BCUT2D eigenvalue weighted by atomic mass is 16.7. The second kappa shape index (κ2) is 4.04. The van der Waals surface area contributed by atoms with E-state index in [1.807, 2.05) is 0 Å². The maximum absolute atomic E-state index is 5.55. The van der Waals surface area contributed by atoms with E-state index in [1.165, 1.54) is 0 Å². The molecule has 3 heteroatoms. The minimum absolute atomic E-state index is 0.0442. The number of hydrogen-bond acceptors (Lipinski definition) is 3. The Hall–Kier alpha value is -0.120. The van der Waals surface area contributed by atoms with Gasteiger partial charge in [-0.05, 0) is 12.8 Å². The highest BCUT2D eigenvalue weighted by Crippen LogP contribution is 2.24. The monoisotopic (exact) mass is 159 g/mol. The zero-order valence-electron chi connectivity index (χ0n) is 7.25. The summed E-state index contributed by atoms with van der Waals surface area (Å²) in [6.45, 7) is 2.74. The smallest absolute Gasteiger partial charge is 0.160 e. The molecule has 2 N–H and O–H groups in total. The molecule has 0 bridgehead atoms. The van der Waals surface area contributed by atoms with E-state index in [0.717, 1.165) is 12.8 Å². The third-order valence-corrected chi connectivity index (χ3v) is 2.23. The molecule has 0 aromatic rings. The minimum Gasteiger partial charge on any atom is -0.356 e. The van der Waals surface area contributed by atoms with Gasteiger partial charge in [0, 0.05) is 19.6 Å². The van der Waals surface area contributed by atoms with Gasteiger partial charge < -0.3 is 15.2 Å². The van der Waals surface area contributed by atoms with Gasteiger partial charge in [-0.1, -0.05) is 6.92 Å². The van der Waals surface area contributed by atoms with Crippen molar-refractivity contribution in [3.63, 3.8) is 0 Å². The first-order chi connectivity index (χ1) is 5.27. The molecule has 2 unspecified atom stereocenters. The summed E-state index contributed by atoms with van der Waals surface area (Å²) in [7, 11) is 1.68. The predicted octanol–water partition coefficient (Wildman–Crippen LogP) is 0.733. The zero-order chi connectivity index (χ0) is 8.27. The van der Waals surface area contributed by atoms with Crippen LogP contribution < -0.4 is 5.73 Å². The molecule has 1 rings (SSSR count). The van der Waals surface area contributed by atoms with Crippen LogP contribution in [0.15, 0.2) is 0 Å². The van der Waals surface area contributed by atoms with E-state index in [4.69, 9.17) is 15.2 Å². The molecule has 0 aliphatic carbocycles. The second-order valence-corrected chi connectivity index (χ2v) is 3.15. The van der Waals surface area contributed by atoms with Crippen LogP contribution in [0.5, 0.6) is 0 Å². The molecular formula is C8H17NO2. The quantitative estimate of drug-likeness (QED) is 0.646. The summed E-state index contributed by atoms with van der Waals surface area (Å²) in [5.41, 5.74) is 5.49. The molecule has 1 saturated heterocycles. The summed E-state index contributed by atoms with van der Waals surface area (Å²) in [4.78, 5) is 0. The van der Waals surface area contributed by atoms with Crippen LogP contribution in [0.2, 0.25) is 0 Å². The van der Waals surface area contributed by atoms with Gasteiger partial charge in [-0.25, -0.2) is 0 Å². The lowest BCUT2D eigenvalue weighted by Gasteiger charge is -2.33. The fourth-order valence-corrected chi connectivity index (χ4v) is 1.44. The van der Waals surface area contributed by atoms with Gasteiger partial charge in [0.25, 0.3) is 0 Å². The van der Waals surface area contributed by atoms with Crippen LogP contribution in [0.25, 0.3) is 0 Å². The predicted molar refractivity (Wildman–Crippen MR) is 43.1 cm³/mol. The van der Waals surface area contributed by atoms with Gasteiger partial charge in [-0.15, -0.1) is 0 Å². The van der Waals surface area contributed by atoms with Gasteiger partial charge in [0.2, 0.25) is 0 Å². The summed E-state index contributed by atoms with van der Waals surface area (Å²) < 4.78 is 10.7. The topological polar surface area (TPSA) is 44.5 Å². The van der Waals surface area contributed by atoms with Crippen LogP contribution in [0.1, 0.15) is 19.8 Å². The highest BCUT2D eigenvalue weighted by molar-refractivity contribution is 4.71. The van der Waals surface area contributed by atoms with Crippen molar-refractivity contribution in [2.45, 2.75) is 32.2 Å². The Balaban J connectivity index is 2.37. The fourth-order valence-electron chi connectivity index (χ4n) is 1.44. The minimum atomic E-state index is -0.0442. The molecular weight excluding hydrogens is 142 g/mol. The van der Waals surface area contributed by atoms with Crippen molar-refractivity contribution in [3.8, 4) is 0 Å². The Morgan fingerprint density at radius 2 is 2.27 bits per heavy atom. The van der Waals surface area contributed by atoms with E-state index >= 15 is 0 Å². The van der Waals surface area contributed by atoms with Crippen molar-refractivity contribution in [1.82, 2.24) is 0 Å². The third-order valence-electron chi connectivity index (χ3n) is 2.23. The Morgan fingerprint density at radius 1 is 1.55 bits per heavy atom. The van der Waals surface area contributed by atoms with E-state index in [0.29, 0.717) is 12.5 Å². The molecule has 66 valence electrons. The lowest BCUT2D eigenvalue weighted by atomic mass is 9.99. The van der Waals surface area contributed by atoms with Crippen LogP contribution >= 0.6 is 0 Å². The molecule has 1 fully saturated rings. The first-order valence-corrected chi connectivity index (χ1v) is 4.16. The lowest BCUT2D eigenvalue weighted by Crippen LogP contribution is -2.38. The van der Waals surface area contributed by atoms with Crippen molar-refractivity contribution in [2.75, 3.05) is 13.7 Å². The number of hydrogen-bond donors (Lipinski definition) is 1. The number of rotatable bonds is 2. The second-order valence-electron chi connectivity index (χ2n) is 3.15. The molecule has 3 nitrogen and oxygen atoms in total. The summed E-state index contributed by atoms with van der Waals surface area (Å²) in [5.74, 6) is 0.503. The van der Waals surface area contributed by atoms with Gasteiger partial charge in [0.1, 0.15) is 0 Å². The van der Waals surface area contributed by atoms with Crippen molar-refractivity contribution >= 4 is 0 Å². The summed E-state index contributed by atoms with van der Waals surface area (Å²) in [5, 5.41) is 0. The third kappa shape index (κ3) is 2.15. The van der Waals surface area contributed by atoms with Crippen molar-refractivity contribution in [2.24, 2.45) is 11.7 Å². The summed E-state index contributed by atoms with van der Waals surface area (Å²) >= 11 is 0. The molecule has 11 heavy (non-hydrogen) atoms. The van der Waals surface area contributed by atoms with E-state index in [9.17, 15) is 0 Å². The number of ether oxygens (including phenoxy) is 2. The Morgan fingerprint density at radius 3 is 2.82 bits per heavy atom. The van der Waals surface area contributed by atoms with Crippen molar-refractivity contribution < 1.29 is 9.47 Å². The van der Waals surface area contributed by atoms with E-state index in [1.54, 1.807) is 7.11 Å². The molecule has 0 saturated carbocycles. The Kier molecular flexibility index (Phi) is 3.30. The SMILES string of the molecule is CO[C@H]1OC(CN)CCC1C. The normalized spacial score (nSPS) is 39.0. The average molecular weight is 159 g/mol. The van der Waals surface area contributed by atoms with Crippen LogP contribution in [0.3, 0.4) is 0 Å². The molecule has 1 heterocycles. The van der Waals surface area contributed by atoms with Gasteiger partial charge in [0.05, 0.1) is 6.10 Å². The van der Waals surface area contributed by atoms with Gasteiger partial charge in [0.15, 0.2) is 6.29 Å². The molecule has 1 aliphatic heterocycles. The maximum Gasteiger partial charge on any atom is 0.160 e. The first kappa shape index (κ1) is 8.97. The summed E-state index contributed by atoms with van der Waals surface area (Å²) in [6, 6.07) is 0. The van der Waals surface area contributed by atoms with E-state index in [-0.39, 0.29) is 12.4 Å². The van der Waals surface area contributed by atoms with E-state index < -0.39 is 0 Å². The highest BCUT2D eigenvalue weighted by Gasteiger charge is 2.26. The Labute approximate surface area is 67.9 Å². The zero-order valence-corrected chi connectivity index (χ0v) is 7.25. The van der Waals surface area contributed by atoms with Crippen LogP contribution in [-0.2, 0) is 9.47 Å².